The van der Waals surface area contributed by atoms with Crippen LogP contribution in [0.25, 0.3) is 0 Å². The number of piperazine rings is 2. The number of halogens is 1. The number of carbonyl (C=O) groups is 1. The number of rotatable bonds is 9. The highest BCUT2D eigenvalue weighted by atomic mass is 19.1. The van der Waals surface area contributed by atoms with Crippen LogP contribution in [0.5, 0.6) is 0 Å². The van der Waals surface area contributed by atoms with Gasteiger partial charge in [0.15, 0.2) is 5.69 Å². The van der Waals surface area contributed by atoms with E-state index in [9.17, 15) is 14.3 Å². The summed E-state index contributed by atoms with van der Waals surface area (Å²) in [5.41, 5.74) is 1.30. The zero-order valence-corrected chi connectivity index (χ0v) is 19.7. The normalized spacial score (nSPS) is 18.9. The molecule has 1 amide bonds. The molecule has 2 aliphatic heterocycles. The summed E-state index contributed by atoms with van der Waals surface area (Å²) in [6.07, 6.45) is 0.981. The molecule has 3 heterocycles. The van der Waals surface area contributed by atoms with Gasteiger partial charge in [-0.1, -0.05) is 0 Å². The first-order valence-corrected chi connectivity index (χ1v) is 12.0. The third kappa shape index (κ3) is 6.53. The lowest BCUT2D eigenvalue weighted by Gasteiger charge is -2.35. The first kappa shape index (κ1) is 24.6. The minimum atomic E-state index is -0.468. The minimum Gasteiger partial charge on any atom is -0.447 e. The van der Waals surface area contributed by atoms with Crippen molar-refractivity contribution < 1.29 is 23.4 Å². The lowest BCUT2D eigenvalue weighted by atomic mass is 10.2. The maximum Gasteiger partial charge on any atom is 0.275 e. The molecule has 34 heavy (non-hydrogen) atoms. The number of amides is 1. The van der Waals surface area contributed by atoms with Crippen molar-refractivity contribution in [1.29, 1.82) is 0 Å². The van der Waals surface area contributed by atoms with E-state index in [1.165, 1.54) is 18.4 Å². The lowest BCUT2D eigenvalue weighted by molar-refractivity contribution is 0.00948. The van der Waals surface area contributed by atoms with Crippen molar-refractivity contribution >= 4 is 11.6 Å². The van der Waals surface area contributed by atoms with Crippen molar-refractivity contribution in [2.45, 2.75) is 19.6 Å². The van der Waals surface area contributed by atoms with Gasteiger partial charge in [-0.3, -0.25) is 14.6 Å². The summed E-state index contributed by atoms with van der Waals surface area (Å²) in [5, 5.41) is 10.0. The van der Waals surface area contributed by atoms with E-state index in [0.717, 1.165) is 31.9 Å². The molecule has 0 bridgehead atoms. The van der Waals surface area contributed by atoms with Crippen LogP contribution in [0.3, 0.4) is 0 Å². The van der Waals surface area contributed by atoms with E-state index >= 15 is 0 Å². The second-order valence-corrected chi connectivity index (χ2v) is 8.77. The van der Waals surface area contributed by atoms with Crippen LogP contribution in [0.4, 0.5) is 10.1 Å². The van der Waals surface area contributed by atoms with Gasteiger partial charge in [0.1, 0.15) is 12.1 Å². The molecule has 186 valence electrons. The second-order valence-electron chi connectivity index (χ2n) is 8.77. The SMILES string of the molecule is CCOCC(O)CN1CCN(Cc2nc(C(=O)N3CCN(c4ccc(F)cc4)CC3)co2)CC1. The first-order valence-electron chi connectivity index (χ1n) is 12.0. The number of hydrogen-bond donors (Lipinski definition) is 1. The summed E-state index contributed by atoms with van der Waals surface area (Å²) in [7, 11) is 0. The molecule has 9 nitrogen and oxygen atoms in total. The van der Waals surface area contributed by atoms with Crippen LogP contribution in [0, 0.1) is 5.82 Å². The molecule has 1 atom stereocenters. The minimum absolute atomic E-state index is 0.123. The molecule has 0 spiro atoms. The average molecular weight is 476 g/mol. The van der Waals surface area contributed by atoms with E-state index < -0.39 is 6.10 Å². The van der Waals surface area contributed by atoms with E-state index in [1.54, 1.807) is 17.0 Å². The number of ether oxygens (including phenoxy) is 1. The third-order valence-corrected chi connectivity index (χ3v) is 6.34. The number of aromatic nitrogens is 1. The van der Waals surface area contributed by atoms with E-state index in [-0.39, 0.29) is 11.7 Å². The van der Waals surface area contributed by atoms with Gasteiger partial charge < -0.3 is 24.1 Å². The molecule has 2 aromatic rings. The highest BCUT2D eigenvalue weighted by Crippen LogP contribution is 2.18. The molecule has 1 unspecified atom stereocenters. The van der Waals surface area contributed by atoms with Gasteiger partial charge in [-0.15, -0.1) is 0 Å². The maximum atomic E-state index is 13.2. The number of nitrogens with zero attached hydrogens (tertiary/aromatic N) is 5. The van der Waals surface area contributed by atoms with Crippen LogP contribution in [0.2, 0.25) is 0 Å². The Hall–Kier alpha value is -2.53. The molecule has 1 aromatic heterocycles. The molecule has 0 aliphatic carbocycles. The summed E-state index contributed by atoms with van der Waals surface area (Å²) in [5.74, 6) is 0.164. The van der Waals surface area contributed by atoms with Gasteiger partial charge in [0.25, 0.3) is 5.91 Å². The highest BCUT2D eigenvalue weighted by molar-refractivity contribution is 5.92. The van der Waals surface area contributed by atoms with E-state index in [4.69, 9.17) is 9.15 Å². The molecule has 0 saturated carbocycles. The Bertz CT molecular complexity index is 908. The smallest absolute Gasteiger partial charge is 0.275 e. The average Bonchev–Trinajstić information content (AvgIpc) is 3.32. The number of β-amino-alcohol motifs (C(OH)–C–C–N with tert-alkyl or cyclic N) is 1. The van der Waals surface area contributed by atoms with Crippen molar-refractivity contribution in [1.82, 2.24) is 19.7 Å². The maximum absolute atomic E-state index is 13.2. The second kappa shape index (κ2) is 11.7. The number of aliphatic hydroxyl groups is 1. The highest BCUT2D eigenvalue weighted by Gasteiger charge is 2.26. The Morgan fingerprint density at radius 3 is 2.44 bits per heavy atom. The monoisotopic (exact) mass is 475 g/mol. The van der Waals surface area contributed by atoms with Gasteiger partial charge in [0.05, 0.1) is 19.3 Å². The van der Waals surface area contributed by atoms with Gasteiger partial charge in [-0.05, 0) is 31.2 Å². The van der Waals surface area contributed by atoms with Gasteiger partial charge in [0.2, 0.25) is 5.89 Å². The fraction of sp³-hybridized carbons (Fsp3) is 0.583. The van der Waals surface area contributed by atoms with Crippen molar-refractivity contribution in [3.63, 3.8) is 0 Å². The van der Waals surface area contributed by atoms with Crippen molar-refractivity contribution in [3.8, 4) is 0 Å². The fourth-order valence-electron chi connectivity index (χ4n) is 4.39. The number of oxazole rings is 1. The van der Waals surface area contributed by atoms with Gasteiger partial charge >= 0.3 is 0 Å². The zero-order valence-electron chi connectivity index (χ0n) is 19.7. The van der Waals surface area contributed by atoms with Crippen LogP contribution in [0.15, 0.2) is 34.9 Å². The van der Waals surface area contributed by atoms with Gasteiger partial charge in [-0.2, -0.15) is 0 Å². The Labute approximate surface area is 199 Å². The van der Waals surface area contributed by atoms with Crippen molar-refractivity contribution in [2.75, 3.05) is 77.0 Å². The van der Waals surface area contributed by atoms with Crippen molar-refractivity contribution in [3.05, 3.63) is 47.9 Å². The molecular formula is C24H34FN5O4. The molecule has 0 radical (unpaired) electrons. The molecule has 1 aromatic carbocycles. The van der Waals surface area contributed by atoms with Crippen LogP contribution >= 0.6 is 0 Å². The van der Waals surface area contributed by atoms with Crippen molar-refractivity contribution in [2.24, 2.45) is 0 Å². The Balaban J connectivity index is 1.21. The first-order chi connectivity index (χ1) is 16.5. The fourth-order valence-corrected chi connectivity index (χ4v) is 4.39. The predicted octanol–water partition coefficient (Wildman–Crippen LogP) is 1.29. The Kier molecular flexibility index (Phi) is 8.49. The summed E-state index contributed by atoms with van der Waals surface area (Å²) in [6.45, 7) is 9.99. The number of hydrogen-bond acceptors (Lipinski definition) is 8. The molecule has 2 saturated heterocycles. The number of carbonyl (C=O) groups excluding carboxylic acids is 1. The van der Waals surface area contributed by atoms with E-state index in [0.29, 0.717) is 64.1 Å². The number of aliphatic hydroxyl groups excluding tert-OH is 1. The molecule has 1 N–H and O–H groups in total. The lowest BCUT2D eigenvalue weighted by Crippen LogP contribution is -2.49. The van der Waals surface area contributed by atoms with Gasteiger partial charge in [0, 0.05) is 71.2 Å². The van der Waals surface area contributed by atoms with Crippen LogP contribution in [0.1, 0.15) is 23.3 Å². The third-order valence-electron chi connectivity index (χ3n) is 6.34. The van der Waals surface area contributed by atoms with Crippen LogP contribution < -0.4 is 4.90 Å². The number of benzene rings is 1. The largest absolute Gasteiger partial charge is 0.447 e. The van der Waals surface area contributed by atoms with Crippen LogP contribution in [-0.4, -0.2) is 109 Å². The zero-order chi connectivity index (χ0) is 23.9. The molecule has 2 fully saturated rings. The summed E-state index contributed by atoms with van der Waals surface area (Å²) < 4.78 is 24.0. The molecular weight excluding hydrogens is 441 g/mol. The summed E-state index contributed by atoms with van der Waals surface area (Å²) >= 11 is 0. The summed E-state index contributed by atoms with van der Waals surface area (Å²) in [4.78, 5) is 25.7. The predicted molar refractivity (Wildman–Crippen MR) is 125 cm³/mol. The summed E-state index contributed by atoms with van der Waals surface area (Å²) in [6, 6.07) is 6.43. The Morgan fingerprint density at radius 2 is 1.76 bits per heavy atom. The van der Waals surface area contributed by atoms with Crippen LogP contribution in [-0.2, 0) is 11.3 Å². The molecule has 2 aliphatic rings. The van der Waals surface area contributed by atoms with Gasteiger partial charge in [-0.25, -0.2) is 9.37 Å². The molecule has 4 rings (SSSR count). The van der Waals surface area contributed by atoms with E-state index in [1.807, 2.05) is 6.92 Å². The van der Waals surface area contributed by atoms with E-state index in [2.05, 4.69) is 19.7 Å². The quantitative estimate of drug-likeness (QED) is 0.581. The standard InChI is InChI=1S/C24H34FN5O4/c1-2-33-17-21(31)15-27-7-9-28(10-8-27)16-23-26-22(18-34-23)24(32)30-13-11-29(12-14-30)20-5-3-19(25)4-6-20/h3-6,18,21,31H,2,7-17H2,1H3. The topological polar surface area (TPSA) is 85.5 Å². The number of anilines is 1. The molecule has 10 heteroatoms. The Morgan fingerprint density at radius 1 is 1.09 bits per heavy atom.